The van der Waals surface area contributed by atoms with Crippen molar-refractivity contribution in [1.29, 1.82) is 0 Å². The van der Waals surface area contributed by atoms with Gasteiger partial charge in [-0.3, -0.25) is 9.78 Å². The van der Waals surface area contributed by atoms with E-state index in [4.69, 9.17) is 10.8 Å². The quantitative estimate of drug-likeness (QED) is 0.708. The molecular formula is C11H11N3O4. The minimum Gasteiger partial charge on any atom is -0.480 e. The Morgan fingerprint density at radius 1 is 1.44 bits per heavy atom. The Morgan fingerprint density at radius 2 is 2.17 bits per heavy atom. The van der Waals surface area contributed by atoms with E-state index in [0.717, 1.165) is 0 Å². The molecule has 0 unspecified atom stereocenters. The molecule has 0 spiro atoms. The van der Waals surface area contributed by atoms with E-state index in [-0.39, 0.29) is 6.42 Å². The summed E-state index contributed by atoms with van der Waals surface area (Å²) in [5.41, 5.74) is 5.56. The van der Waals surface area contributed by atoms with Crippen LogP contribution in [0.1, 0.15) is 5.69 Å². The number of urea groups is 1. The van der Waals surface area contributed by atoms with Gasteiger partial charge in [0.15, 0.2) is 6.04 Å². The highest BCUT2D eigenvalue weighted by atomic mass is 16.4. The van der Waals surface area contributed by atoms with Crippen molar-refractivity contribution in [3.05, 3.63) is 30.1 Å². The smallest absolute Gasteiger partial charge is 0.327 e. The molecule has 2 atom stereocenters. The van der Waals surface area contributed by atoms with Crippen molar-refractivity contribution in [3.8, 4) is 0 Å². The van der Waals surface area contributed by atoms with Crippen LogP contribution in [-0.4, -0.2) is 38.9 Å². The molecule has 1 aliphatic rings. The standard InChI is InChI=1S/C11H11N3O4/c12-11(18)14-8(10(16)17)7(9(14)15)5-6-3-1-2-4-13-6/h1-4,7-8H,5H2,(H2,12,18)(H,16,17)/t7-,8+/m1/s1. The predicted molar refractivity (Wildman–Crippen MR) is 59.3 cm³/mol. The maximum Gasteiger partial charge on any atom is 0.327 e. The molecule has 2 rings (SSSR count). The molecule has 3 amide bonds. The summed E-state index contributed by atoms with van der Waals surface area (Å²) in [5, 5.41) is 9.00. The third-order valence-corrected chi connectivity index (χ3v) is 2.86. The number of pyridine rings is 1. The molecule has 0 saturated carbocycles. The Morgan fingerprint density at radius 3 is 2.67 bits per heavy atom. The van der Waals surface area contributed by atoms with Crippen molar-refractivity contribution in [2.24, 2.45) is 11.7 Å². The van der Waals surface area contributed by atoms with E-state index < -0.39 is 29.9 Å². The summed E-state index contributed by atoms with van der Waals surface area (Å²) in [6.07, 6.45) is 1.74. The lowest BCUT2D eigenvalue weighted by molar-refractivity contribution is -0.165. The van der Waals surface area contributed by atoms with Crippen LogP contribution in [0.15, 0.2) is 24.4 Å². The van der Waals surface area contributed by atoms with Gasteiger partial charge in [0, 0.05) is 18.3 Å². The van der Waals surface area contributed by atoms with Gasteiger partial charge in [-0.05, 0) is 12.1 Å². The van der Waals surface area contributed by atoms with Gasteiger partial charge in [-0.1, -0.05) is 6.07 Å². The molecule has 1 aromatic heterocycles. The average Bonchev–Trinajstić information content (AvgIpc) is 2.32. The number of carbonyl (C=O) groups excluding carboxylic acids is 2. The molecule has 1 aliphatic heterocycles. The normalized spacial score (nSPS) is 22.4. The highest BCUT2D eigenvalue weighted by Gasteiger charge is 2.54. The number of β-lactam (4-membered cyclic amide) rings is 1. The number of carboxylic acids is 1. The number of imide groups is 1. The summed E-state index contributed by atoms with van der Waals surface area (Å²) >= 11 is 0. The number of nitrogens with two attached hydrogens (primary N) is 1. The zero-order valence-electron chi connectivity index (χ0n) is 9.31. The number of rotatable bonds is 3. The van der Waals surface area contributed by atoms with Crippen LogP contribution in [0.4, 0.5) is 4.79 Å². The Bertz CT molecular complexity index is 502. The molecule has 18 heavy (non-hydrogen) atoms. The SMILES string of the molecule is NC(=O)N1C(=O)[C@H](Cc2ccccn2)[C@H]1C(=O)O. The third-order valence-electron chi connectivity index (χ3n) is 2.86. The van der Waals surface area contributed by atoms with E-state index in [0.29, 0.717) is 10.6 Å². The second-order valence-corrected chi connectivity index (χ2v) is 3.96. The number of primary amides is 1. The van der Waals surface area contributed by atoms with Crippen molar-refractivity contribution in [3.63, 3.8) is 0 Å². The van der Waals surface area contributed by atoms with Crippen molar-refractivity contribution < 1.29 is 19.5 Å². The first kappa shape index (κ1) is 12.0. The van der Waals surface area contributed by atoms with Crippen molar-refractivity contribution in [2.45, 2.75) is 12.5 Å². The Hall–Kier alpha value is -2.44. The lowest BCUT2D eigenvalue weighted by Crippen LogP contribution is -2.68. The number of amides is 3. The summed E-state index contributed by atoms with van der Waals surface area (Å²) in [7, 11) is 0. The van der Waals surface area contributed by atoms with Gasteiger partial charge >= 0.3 is 12.0 Å². The lowest BCUT2D eigenvalue weighted by Gasteiger charge is -2.41. The van der Waals surface area contributed by atoms with Crippen LogP contribution in [-0.2, 0) is 16.0 Å². The number of hydrogen-bond donors (Lipinski definition) is 2. The molecular weight excluding hydrogens is 238 g/mol. The van der Waals surface area contributed by atoms with Crippen LogP contribution in [0.2, 0.25) is 0 Å². The minimum atomic E-state index is -1.24. The third kappa shape index (κ3) is 1.90. The van der Waals surface area contributed by atoms with Crippen LogP contribution >= 0.6 is 0 Å². The summed E-state index contributed by atoms with van der Waals surface area (Å²) in [6.45, 7) is 0. The fourth-order valence-electron chi connectivity index (χ4n) is 2.02. The van der Waals surface area contributed by atoms with Gasteiger partial charge in [0.2, 0.25) is 5.91 Å². The average molecular weight is 249 g/mol. The fraction of sp³-hybridized carbons (Fsp3) is 0.273. The second kappa shape index (κ2) is 4.44. The Balaban J connectivity index is 2.16. The first-order valence-corrected chi connectivity index (χ1v) is 5.27. The van der Waals surface area contributed by atoms with E-state index in [2.05, 4.69) is 4.98 Å². The number of aromatic nitrogens is 1. The first-order valence-electron chi connectivity index (χ1n) is 5.27. The molecule has 1 fully saturated rings. The van der Waals surface area contributed by atoms with Crippen LogP contribution in [0.5, 0.6) is 0 Å². The number of carbonyl (C=O) groups is 3. The Labute approximate surface area is 102 Å². The van der Waals surface area contributed by atoms with Gasteiger partial charge in [-0.15, -0.1) is 0 Å². The van der Waals surface area contributed by atoms with Crippen LogP contribution in [0, 0.1) is 5.92 Å². The number of likely N-dealkylation sites (tertiary alicyclic amines) is 1. The molecule has 94 valence electrons. The summed E-state index contributed by atoms with van der Waals surface area (Å²) in [5.74, 6) is -2.60. The van der Waals surface area contributed by atoms with Gasteiger partial charge < -0.3 is 10.8 Å². The predicted octanol–water partition coefficient (Wildman–Crippen LogP) is -0.386. The largest absolute Gasteiger partial charge is 0.480 e. The van der Waals surface area contributed by atoms with Crippen molar-refractivity contribution in [2.75, 3.05) is 0 Å². The Kier molecular flexibility index (Phi) is 2.97. The molecule has 7 heteroatoms. The number of carboxylic acid groups (broad SMARTS) is 1. The minimum absolute atomic E-state index is 0.181. The maximum absolute atomic E-state index is 11.7. The lowest BCUT2D eigenvalue weighted by atomic mass is 9.84. The van der Waals surface area contributed by atoms with Gasteiger partial charge in [0.25, 0.3) is 0 Å². The van der Waals surface area contributed by atoms with E-state index in [1.807, 2.05) is 0 Å². The fourth-order valence-corrected chi connectivity index (χ4v) is 2.02. The van der Waals surface area contributed by atoms with Gasteiger partial charge in [-0.25, -0.2) is 14.5 Å². The molecule has 3 N–H and O–H groups in total. The molecule has 1 saturated heterocycles. The van der Waals surface area contributed by atoms with E-state index in [9.17, 15) is 14.4 Å². The van der Waals surface area contributed by atoms with Crippen LogP contribution in [0.25, 0.3) is 0 Å². The highest BCUT2D eigenvalue weighted by molar-refractivity contribution is 6.07. The molecule has 7 nitrogen and oxygen atoms in total. The first-order chi connectivity index (χ1) is 8.52. The van der Waals surface area contributed by atoms with E-state index in [1.165, 1.54) is 0 Å². The summed E-state index contributed by atoms with van der Waals surface area (Å²) < 4.78 is 0. The molecule has 0 bridgehead atoms. The second-order valence-electron chi connectivity index (χ2n) is 3.96. The van der Waals surface area contributed by atoms with Crippen molar-refractivity contribution >= 4 is 17.9 Å². The summed E-state index contributed by atoms with van der Waals surface area (Å²) in [6, 6.07) is 2.92. The number of nitrogens with zero attached hydrogens (tertiary/aromatic N) is 2. The van der Waals surface area contributed by atoms with E-state index >= 15 is 0 Å². The summed E-state index contributed by atoms with van der Waals surface area (Å²) in [4.78, 5) is 38.2. The molecule has 0 aromatic carbocycles. The van der Waals surface area contributed by atoms with Gasteiger partial charge in [-0.2, -0.15) is 0 Å². The monoisotopic (exact) mass is 249 g/mol. The zero-order valence-corrected chi connectivity index (χ0v) is 9.31. The maximum atomic E-state index is 11.7. The molecule has 0 aliphatic carbocycles. The van der Waals surface area contributed by atoms with E-state index in [1.54, 1.807) is 24.4 Å². The molecule has 2 heterocycles. The number of aliphatic carboxylic acids is 1. The molecule has 0 radical (unpaired) electrons. The van der Waals surface area contributed by atoms with Gasteiger partial charge in [0.05, 0.1) is 5.92 Å². The zero-order chi connectivity index (χ0) is 13.3. The van der Waals surface area contributed by atoms with Crippen molar-refractivity contribution in [1.82, 2.24) is 9.88 Å². The van der Waals surface area contributed by atoms with Crippen LogP contribution < -0.4 is 5.73 Å². The van der Waals surface area contributed by atoms with Crippen LogP contribution in [0.3, 0.4) is 0 Å². The van der Waals surface area contributed by atoms with Gasteiger partial charge in [0.1, 0.15) is 0 Å². The number of hydrogen-bond acceptors (Lipinski definition) is 4. The molecule has 1 aromatic rings. The topological polar surface area (TPSA) is 114 Å². The highest BCUT2D eigenvalue weighted by Crippen LogP contribution is 2.29.